The highest BCUT2D eigenvalue weighted by atomic mass is 35.5. The zero-order valence-corrected chi connectivity index (χ0v) is 25.4. The zero-order chi connectivity index (χ0) is 27.5. The number of hydrogen-bond donors (Lipinski definition) is 2. The van der Waals surface area contributed by atoms with Crippen LogP contribution in [-0.4, -0.2) is 34.3 Å². The van der Waals surface area contributed by atoms with Gasteiger partial charge in [0.05, 0.1) is 5.54 Å². The minimum Gasteiger partial charge on any atom is -0.598 e. The number of hydrogen-bond acceptors (Lipinski definition) is 5. The third-order valence-electron chi connectivity index (χ3n) is 6.69. The Hall–Kier alpha value is -1.87. The van der Waals surface area contributed by atoms with Gasteiger partial charge in [0.25, 0.3) is 8.32 Å². The molecule has 5 nitrogen and oxygen atoms in total. The van der Waals surface area contributed by atoms with Gasteiger partial charge in [0, 0.05) is 29.7 Å². The summed E-state index contributed by atoms with van der Waals surface area (Å²) in [6.07, 6.45) is 2.01. The van der Waals surface area contributed by atoms with Crippen molar-refractivity contribution >= 4 is 41.7 Å². The predicted molar refractivity (Wildman–Crippen MR) is 157 cm³/mol. The van der Waals surface area contributed by atoms with E-state index in [-0.39, 0.29) is 15.9 Å². The van der Waals surface area contributed by atoms with E-state index in [2.05, 4.69) is 79.0 Å². The lowest BCUT2D eigenvalue weighted by Gasteiger charge is -2.44. The van der Waals surface area contributed by atoms with Gasteiger partial charge in [0.1, 0.15) is 4.75 Å². The second-order valence-electron chi connectivity index (χ2n) is 11.6. The topological polar surface area (TPSA) is 77.4 Å². The van der Waals surface area contributed by atoms with E-state index in [0.717, 1.165) is 0 Å². The molecule has 0 aliphatic rings. The van der Waals surface area contributed by atoms with E-state index in [1.807, 2.05) is 39.8 Å². The minimum absolute atomic E-state index is 0.0139. The summed E-state index contributed by atoms with van der Waals surface area (Å²) in [7, 11) is -2.76. The Morgan fingerprint density at radius 2 is 1.43 bits per heavy atom. The van der Waals surface area contributed by atoms with Crippen LogP contribution in [0.4, 0.5) is 0 Å². The van der Waals surface area contributed by atoms with Crippen LogP contribution in [0.25, 0.3) is 0 Å². The van der Waals surface area contributed by atoms with Crippen molar-refractivity contribution < 1.29 is 14.1 Å². The summed E-state index contributed by atoms with van der Waals surface area (Å²) >= 11 is 4.78. The number of aromatic nitrogens is 1. The van der Waals surface area contributed by atoms with Crippen LogP contribution in [0.1, 0.15) is 60.5 Å². The molecule has 1 heterocycles. The first-order valence-electron chi connectivity index (χ1n) is 12.5. The quantitative estimate of drug-likeness (QED) is 0.201. The van der Waals surface area contributed by atoms with E-state index < -0.39 is 30.0 Å². The average Bonchev–Trinajstić information content (AvgIpc) is 2.83. The molecule has 2 atom stereocenters. The fourth-order valence-corrected chi connectivity index (χ4v) is 10.3. The normalized spacial score (nSPS) is 15.3. The van der Waals surface area contributed by atoms with Crippen molar-refractivity contribution in [1.29, 1.82) is 0 Å². The molecule has 1 aromatic heterocycles. The molecule has 8 heteroatoms. The molecule has 37 heavy (non-hydrogen) atoms. The van der Waals surface area contributed by atoms with Gasteiger partial charge in [-0.2, -0.15) is 0 Å². The van der Waals surface area contributed by atoms with Gasteiger partial charge in [-0.1, -0.05) is 93.0 Å². The Labute approximate surface area is 231 Å². The molecule has 0 radical (unpaired) electrons. The van der Waals surface area contributed by atoms with Gasteiger partial charge < -0.3 is 14.1 Å². The second kappa shape index (κ2) is 11.5. The number of rotatable bonds is 9. The Bertz CT molecular complexity index is 1130. The van der Waals surface area contributed by atoms with Crippen LogP contribution in [0.2, 0.25) is 10.2 Å². The van der Waals surface area contributed by atoms with Crippen molar-refractivity contribution in [1.82, 2.24) is 9.71 Å². The van der Waals surface area contributed by atoms with E-state index in [0.29, 0.717) is 18.6 Å². The first kappa shape index (κ1) is 29.7. The Morgan fingerprint density at radius 1 is 0.919 bits per heavy atom. The molecule has 0 saturated carbocycles. The molecule has 2 N–H and O–H groups in total. The SMILES string of the molecule is CC(CCO[Si](c1ccccc1)(c1ccccc1)C(C)(C)C)(N[S@@+]([O-])C(C)(C)C)c1ccnc(Cl)c1O. The number of halogens is 1. The van der Waals surface area contributed by atoms with Crippen molar-refractivity contribution in [2.75, 3.05) is 6.61 Å². The van der Waals surface area contributed by atoms with E-state index in [1.165, 1.54) is 10.4 Å². The van der Waals surface area contributed by atoms with Gasteiger partial charge in [-0.3, -0.25) is 0 Å². The highest BCUT2D eigenvalue weighted by Gasteiger charge is 2.50. The molecule has 0 bridgehead atoms. The van der Waals surface area contributed by atoms with Crippen LogP contribution in [-0.2, 0) is 21.3 Å². The number of nitrogens with zero attached hydrogens (tertiary/aromatic N) is 1. The average molecular weight is 559 g/mol. The summed E-state index contributed by atoms with van der Waals surface area (Å²) in [6.45, 7) is 14.7. The summed E-state index contributed by atoms with van der Waals surface area (Å²) in [4.78, 5) is 4.00. The Morgan fingerprint density at radius 3 is 1.89 bits per heavy atom. The summed E-state index contributed by atoms with van der Waals surface area (Å²) in [5, 5.41) is 13.1. The smallest absolute Gasteiger partial charge is 0.261 e. The molecule has 1 unspecified atom stereocenters. The van der Waals surface area contributed by atoms with Gasteiger partial charge in [-0.25, -0.2) is 4.98 Å². The van der Waals surface area contributed by atoms with Gasteiger partial charge in [-0.05, 0) is 55.6 Å². The molecule has 0 fully saturated rings. The van der Waals surface area contributed by atoms with Crippen LogP contribution in [0, 0.1) is 0 Å². The number of aromatic hydroxyl groups is 1. The minimum atomic E-state index is -2.76. The van der Waals surface area contributed by atoms with E-state index in [9.17, 15) is 9.66 Å². The van der Waals surface area contributed by atoms with Crippen molar-refractivity contribution in [3.8, 4) is 5.75 Å². The first-order chi connectivity index (χ1) is 17.2. The van der Waals surface area contributed by atoms with Gasteiger partial charge in [-0.15, -0.1) is 4.72 Å². The van der Waals surface area contributed by atoms with Crippen LogP contribution < -0.4 is 15.1 Å². The summed E-state index contributed by atoms with van der Waals surface area (Å²) in [5.74, 6) is -0.115. The van der Waals surface area contributed by atoms with Crippen molar-refractivity contribution in [3.63, 3.8) is 0 Å². The molecular formula is C29H39ClN2O3SSi. The molecule has 0 aliphatic heterocycles. The zero-order valence-electron chi connectivity index (χ0n) is 22.8. The molecular weight excluding hydrogens is 520 g/mol. The third kappa shape index (κ3) is 6.41. The lowest BCUT2D eigenvalue weighted by molar-refractivity contribution is 0.240. The molecule has 0 amide bonds. The van der Waals surface area contributed by atoms with Crippen molar-refractivity contribution in [2.45, 2.75) is 70.2 Å². The molecule has 3 aromatic rings. The molecule has 0 saturated heterocycles. The highest BCUT2D eigenvalue weighted by Crippen LogP contribution is 2.40. The number of benzene rings is 2. The fourth-order valence-electron chi connectivity index (χ4n) is 4.64. The molecule has 0 aliphatic carbocycles. The monoisotopic (exact) mass is 558 g/mol. The predicted octanol–water partition coefficient (Wildman–Crippen LogP) is 5.67. The van der Waals surface area contributed by atoms with E-state index >= 15 is 0 Å². The molecule has 200 valence electrons. The number of pyridine rings is 1. The van der Waals surface area contributed by atoms with E-state index in [4.69, 9.17) is 16.0 Å². The van der Waals surface area contributed by atoms with Crippen LogP contribution >= 0.6 is 11.6 Å². The molecule has 0 spiro atoms. The Balaban J connectivity index is 2.05. The van der Waals surface area contributed by atoms with Crippen molar-refractivity contribution in [2.24, 2.45) is 0 Å². The second-order valence-corrected chi connectivity index (χ2v) is 18.2. The van der Waals surface area contributed by atoms with E-state index in [1.54, 1.807) is 12.3 Å². The fraction of sp³-hybridized carbons (Fsp3) is 0.414. The lowest BCUT2D eigenvalue weighted by atomic mass is 9.90. The standard InChI is InChI=1S/C29H39ClN2O3SSi/c1-27(2,3)36(34)32-29(7,24-18-20-31-26(30)25(24)33)19-21-35-37(28(4,5)6,22-14-10-8-11-15-22)23-16-12-9-13-17-23/h8-18,20,32-33H,19,21H2,1-7H3/t29?,36-/m0/s1. The lowest BCUT2D eigenvalue weighted by Crippen LogP contribution is -2.66. The summed E-state index contributed by atoms with van der Waals surface area (Å²) in [6, 6.07) is 22.6. The van der Waals surface area contributed by atoms with Gasteiger partial charge >= 0.3 is 0 Å². The maximum Gasteiger partial charge on any atom is 0.261 e. The highest BCUT2D eigenvalue weighted by molar-refractivity contribution is 7.90. The molecule has 3 rings (SSSR count). The van der Waals surface area contributed by atoms with Crippen LogP contribution in [0.15, 0.2) is 72.9 Å². The van der Waals surface area contributed by atoms with Crippen molar-refractivity contribution in [3.05, 3.63) is 83.6 Å². The molecule has 2 aromatic carbocycles. The summed E-state index contributed by atoms with van der Waals surface area (Å²) in [5.41, 5.74) is -0.351. The maximum atomic E-state index is 13.2. The summed E-state index contributed by atoms with van der Waals surface area (Å²) < 4.78 is 23.1. The van der Waals surface area contributed by atoms with Crippen LogP contribution in [0.3, 0.4) is 0 Å². The third-order valence-corrected chi connectivity index (χ3v) is 13.8. The van der Waals surface area contributed by atoms with Gasteiger partial charge in [0.2, 0.25) is 0 Å². The van der Waals surface area contributed by atoms with Gasteiger partial charge in [0.15, 0.2) is 10.9 Å². The number of nitrogens with one attached hydrogen (secondary N) is 1. The largest absolute Gasteiger partial charge is 0.598 e. The Kier molecular flexibility index (Phi) is 9.21. The maximum absolute atomic E-state index is 13.2. The first-order valence-corrected chi connectivity index (χ1v) is 15.9. The van der Waals surface area contributed by atoms with Crippen LogP contribution in [0.5, 0.6) is 5.75 Å².